The molecular weight excluding hydrogens is 402 g/mol. The molecular formula is C26H41N3O3. The molecule has 2 fully saturated rings. The van der Waals surface area contributed by atoms with Crippen LogP contribution in [0.2, 0.25) is 0 Å². The number of aliphatic hydroxyl groups is 1. The maximum Gasteiger partial charge on any atom is 0.248 e. The van der Waals surface area contributed by atoms with Gasteiger partial charge in [0.1, 0.15) is 6.61 Å². The summed E-state index contributed by atoms with van der Waals surface area (Å²) >= 11 is 0. The van der Waals surface area contributed by atoms with Crippen molar-refractivity contribution < 1.29 is 14.7 Å². The lowest BCUT2D eigenvalue weighted by atomic mass is 9.84. The first-order valence-electron chi connectivity index (χ1n) is 12.3. The summed E-state index contributed by atoms with van der Waals surface area (Å²) in [4.78, 5) is 28.4. The Bertz CT molecular complexity index is 780. The van der Waals surface area contributed by atoms with E-state index in [2.05, 4.69) is 31.7 Å². The summed E-state index contributed by atoms with van der Waals surface area (Å²) in [7, 11) is 0. The third-order valence-corrected chi connectivity index (χ3v) is 7.40. The van der Waals surface area contributed by atoms with Gasteiger partial charge in [0.15, 0.2) is 0 Å². The zero-order valence-corrected chi connectivity index (χ0v) is 20.1. The second-order valence-electron chi connectivity index (χ2n) is 10.5. The van der Waals surface area contributed by atoms with E-state index >= 15 is 0 Å². The van der Waals surface area contributed by atoms with Crippen LogP contribution in [0.1, 0.15) is 87.6 Å². The topological polar surface area (TPSA) is 86.9 Å². The fourth-order valence-corrected chi connectivity index (χ4v) is 5.97. The van der Waals surface area contributed by atoms with Gasteiger partial charge in [0.25, 0.3) is 0 Å². The van der Waals surface area contributed by atoms with Gasteiger partial charge in [-0.3, -0.25) is 14.5 Å². The molecule has 2 bridgehead atoms. The number of hydrogen-bond acceptors (Lipinski definition) is 4. The lowest BCUT2D eigenvalue weighted by Gasteiger charge is -2.40. The molecule has 0 saturated carbocycles. The summed E-state index contributed by atoms with van der Waals surface area (Å²) < 4.78 is 0. The molecule has 3 rings (SSSR count). The van der Waals surface area contributed by atoms with Crippen molar-refractivity contribution in [3.05, 3.63) is 35.4 Å². The number of amides is 2. The Labute approximate surface area is 193 Å². The fraction of sp³-hybridized carbons (Fsp3) is 0.692. The smallest absolute Gasteiger partial charge is 0.248 e. The Kier molecular flexibility index (Phi) is 8.34. The molecule has 0 spiro atoms. The van der Waals surface area contributed by atoms with Crippen molar-refractivity contribution in [2.75, 3.05) is 26.2 Å². The number of benzene rings is 1. The number of fused-ring (bicyclic) bond motifs is 2. The fourth-order valence-electron chi connectivity index (χ4n) is 5.97. The molecule has 0 radical (unpaired) electrons. The monoisotopic (exact) mass is 443 g/mol. The quantitative estimate of drug-likeness (QED) is 0.548. The second kappa shape index (κ2) is 10.8. The number of piperidine rings is 1. The molecule has 6 nitrogen and oxygen atoms in total. The Morgan fingerprint density at radius 1 is 1.22 bits per heavy atom. The maximum atomic E-state index is 12.3. The number of rotatable bonds is 11. The summed E-state index contributed by atoms with van der Waals surface area (Å²) in [6.07, 6.45) is 7.76. The largest absolute Gasteiger partial charge is 0.387 e. The minimum absolute atomic E-state index is 0.0659. The van der Waals surface area contributed by atoms with Crippen molar-refractivity contribution in [2.45, 2.75) is 83.7 Å². The highest BCUT2D eigenvalue weighted by atomic mass is 16.3. The SMILES string of the molecule is CCCC(C)(C)CN(CCCN1[C@@H]2CC[C@H]1C[C@@H](c1cccc(C(N)=O)c1)C2)C(=O)CO. The van der Waals surface area contributed by atoms with Crippen LogP contribution in [0.5, 0.6) is 0 Å². The molecule has 178 valence electrons. The van der Waals surface area contributed by atoms with Crippen molar-refractivity contribution in [3.63, 3.8) is 0 Å². The van der Waals surface area contributed by atoms with Gasteiger partial charge < -0.3 is 15.7 Å². The Balaban J connectivity index is 1.56. The lowest BCUT2D eigenvalue weighted by molar-refractivity contribution is -0.135. The van der Waals surface area contributed by atoms with E-state index in [0.29, 0.717) is 36.7 Å². The number of nitrogens with zero attached hydrogens (tertiary/aromatic N) is 2. The van der Waals surface area contributed by atoms with Gasteiger partial charge in [-0.25, -0.2) is 0 Å². The molecule has 6 heteroatoms. The normalized spacial score (nSPS) is 23.3. The van der Waals surface area contributed by atoms with Gasteiger partial charge in [-0.1, -0.05) is 39.3 Å². The molecule has 32 heavy (non-hydrogen) atoms. The number of nitrogens with two attached hydrogens (primary N) is 1. The highest BCUT2D eigenvalue weighted by Crippen LogP contribution is 2.43. The van der Waals surface area contributed by atoms with E-state index in [1.54, 1.807) is 6.07 Å². The average Bonchev–Trinajstić information content (AvgIpc) is 2.99. The third-order valence-electron chi connectivity index (χ3n) is 7.40. The lowest BCUT2D eigenvalue weighted by Crippen LogP contribution is -2.45. The first-order valence-corrected chi connectivity index (χ1v) is 12.3. The number of primary amides is 1. The highest BCUT2D eigenvalue weighted by molar-refractivity contribution is 5.92. The molecule has 0 unspecified atom stereocenters. The number of carbonyl (C=O) groups is 2. The molecule has 1 aromatic rings. The van der Waals surface area contributed by atoms with Crippen LogP contribution in [0.25, 0.3) is 0 Å². The Hall–Kier alpha value is -1.92. The Morgan fingerprint density at radius 2 is 1.91 bits per heavy atom. The van der Waals surface area contributed by atoms with Crippen molar-refractivity contribution in [1.29, 1.82) is 0 Å². The zero-order valence-electron chi connectivity index (χ0n) is 20.1. The van der Waals surface area contributed by atoms with Crippen LogP contribution in [-0.2, 0) is 4.79 Å². The number of aliphatic hydroxyl groups excluding tert-OH is 1. The van der Waals surface area contributed by atoms with Gasteiger partial charge in [0.2, 0.25) is 11.8 Å². The summed E-state index contributed by atoms with van der Waals surface area (Å²) in [5.74, 6) is -0.0492. The molecule has 2 amide bonds. The predicted octanol–water partition coefficient (Wildman–Crippen LogP) is 3.53. The van der Waals surface area contributed by atoms with Crippen LogP contribution in [-0.4, -0.2) is 65.0 Å². The average molecular weight is 444 g/mol. The zero-order chi connectivity index (χ0) is 23.3. The van der Waals surface area contributed by atoms with Gasteiger partial charge in [0.05, 0.1) is 0 Å². The minimum atomic E-state index is -0.413. The molecule has 0 aliphatic carbocycles. The molecule has 2 aliphatic heterocycles. The summed E-state index contributed by atoms with van der Waals surface area (Å²) in [5, 5.41) is 9.43. The van der Waals surface area contributed by atoms with Crippen LogP contribution in [0.15, 0.2) is 24.3 Å². The van der Waals surface area contributed by atoms with E-state index in [1.165, 1.54) is 18.4 Å². The van der Waals surface area contributed by atoms with E-state index in [9.17, 15) is 14.7 Å². The molecule has 2 aliphatic rings. The molecule has 3 N–H and O–H groups in total. The van der Waals surface area contributed by atoms with E-state index < -0.39 is 6.61 Å². The van der Waals surface area contributed by atoms with E-state index in [1.807, 2.05) is 17.0 Å². The number of carbonyl (C=O) groups excluding carboxylic acids is 2. The van der Waals surface area contributed by atoms with E-state index in [-0.39, 0.29) is 17.2 Å². The molecule has 2 saturated heterocycles. The van der Waals surface area contributed by atoms with Crippen LogP contribution < -0.4 is 5.73 Å². The van der Waals surface area contributed by atoms with Gasteiger partial charge in [0, 0.05) is 37.3 Å². The first kappa shape index (κ1) is 24.7. The standard InChI is InChI=1S/C26H41N3O3/c1-4-11-26(2,3)18-28(24(31)17-30)12-6-13-29-22-9-10-23(29)16-21(15-22)19-7-5-8-20(14-19)25(27)32/h5,7-8,14,21-23,30H,4,6,9-13,15-18H2,1-3H3,(H2,27,32)/t21-,22+,23-. The van der Waals surface area contributed by atoms with Gasteiger partial charge in [-0.15, -0.1) is 0 Å². The highest BCUT2D eigenvalue weighted by Gasteiger charge is 2.40. The van der Waals surface area contributed by atoms with Gasteiger partial charge in [-0.2, -0.15) is 0 Å². The van der Waals surface area contributed by atoms with Gasteiger partial charge >= 0.3 is 0 Å². The Morgan fingerprint density at radius 3 is 2.50 bits per heavy atom. The first-order chi connectivity index (χ1) is 15.2. The van der Waals surface area contributed by atoms with Crippen molar-refractivity contribution in [3.8, 4) is 0 Å². The third kappa shape index (κ3) is 6.10. The molecule has 0 aromatic heterocycles. The minimum Gasteiger partial charge on any atom is -0.387 e. The molecule has 2 heterocycles. The van der Waals surface area contributed by atoms with Crippen LogP contribution in [0.3, 0.4) is 0 Å². The van der Waals surface area contributed by atoms with Crippen LogP contribution >= 0.6 is 0 Å². The summed E-state index contributed by atoms with van der Waals surface area (Å²) in [5.41, 5.74) is 7.37. The van der Waals surface area contributed by atoms with Gasteiger partial charge in [-0.05, 0) is 67.6 Å². The summed E-state index contributed by atoms with van der Waals surface area (Å²) in [6, 6.07) is 8.96. The van der Waals surface area contributed by atoms with E-state index in [0.717, 1.165) is 38.6 Å². The van der Waals surface area contributed by atoms with Crippen molar-refractivity contribution >= 4 is 11.8 Å². The van der Waals surface area contributed by atoms with Crippen LogP contribution in [0, 0.1) is 5.41 Å². The number of hydrogen-bond donors (Lipinski definition) is 2. The van der Waals surface area contributed by atoms with E-state index in [4.69, 9.17) is 5.73 Å². The predicted molar refractivity (Wildman–Crippen MR) is 127 cm³/mol. The molecule has 1 aromatic carbocycles. The summed E-state index contributed by atoms with van der Waals surface area (Å²) in [6.45, 7) is 8.55. The maximum absolute atomic E-state index is 12.3. The molecule has 3 atom stereocenters. The van der Waals surface area contributed by atoms with Crippen molar-refractivity contribution in [1.82, 2.24) is 9.80 Å². The second-order valence-corrected chi connectivity index (χ2v) is 10.5. The van der Waals surface area contributed by atoms with Crippen LogP contribution in [0.4, 0.5) is 0 Å². The van der Waals surface area contributed by atoms with Crippen molar-refractivity contribution in [2.24, 2.45) is 11.1 Å².